The van der Waals surface area contributed by atoms with E-state index in [1.807, 2.05) is 79.7 Å². The number of hydrogen-bond donors (Lipinski definition) is 0. The summed E-state index contributed by atoms with van der Waals surface area (Å²) in [5.41, 5.74) is 1.14. The Kier molecular flexibility index (Phi) is 6.79. The fourth-order valence-electron chi connectivity index (χ4n) is 3.94. The van der Waals surface area contributed by atoms with Crippen LogP contribution in [0.4, 0.5) is 0 Å². The van der Waals surface area contributed by atoms with Crippen molar-refractivity contribution in [3.63, 3.8) is 0 Å². The first-order chi connectivity index (χ1) is 14.1. The Morgan fingerprint density at radius 1 is 1.03 bits per heavy atom. The van der Waals surface area contributed by atoms with Crippen molar-refractivity contribution in [3.8, 4) is 6.07 Å². The van der Waals surface area contributed by atoms with Crippen molar-refractivity contribution < 1.29 is 4.79 Å². The van der Waals surface area contributed by atoms with E-state index in [4.69, 9.17) is 0 Å². The van der Waals surface area contributed by atoms with Gasteiger partial charge in [-0.3, -0.25) is 4.79 Å². The van der Waals surface area contributed by atoms with Gasteiger partial charge in [0, 0.05) is 6.54 Å². The summed E-state index contributed by atoms with van der Waals surface area (Å²) in [6.45, 7) is 3.55. The first-order valence-electron chi connectivity index (χ1n) is 9.92. The topological polar surface area (TPSA) is 47.3 Å². The lowest BCUT2D eigenvalue weighted by atomic mass is 9.70. The van der Waals surface area contributed by atoms with Crippen molar-refractivity contribution in [2.75, 3.05) is 32.9 Å². The van der Waals surface area contributed by atoms with Crippen molar-refractivity contribution in [2.24, 2.45) is 0 Å². The smallest absolute Gasteiger partial charge is 0.247 e. The maximum atomic E-state index is 14.1. The number of nitriles is 1. The molecule has 0 aliphatic carbocycles. The third-order valence-electron chi connectivity index (χ3n) is 5.19. The van der Waals surface area contributed by atoms with Crippen LogP contribution in [0.3, 0.4) is 0 Å². The standard InChI is InChI=1S/C24H27N3OS/c1-4-29-22-21(18-25)24(19-12-7-5-8-13-19,20-14-9-6-10-15-20)23(28)27(22)17-11-16-26(2)3/h5-10,12-15H,4,11,16-17H2,1-3H3. The molecule has 5 heteroatoms. The molecule has 1 aliphatic heterocycles. The first-order valence-corrected chi connectivity index (χ1v) is 10.9. The van der Waals surface area contributed by atoms with Crippen LogP contribution in [0.5, 0.6) is 0 Å². The molecule has 0 N–H and O–H groups in total. The normalized spacial score (nSPS) is 15.8. The molecule has 0 saturated carbocycles. The number of benzene rings is 2. The monoisotopic (exact) mass is 405 g/mol. The summed E-state index contributed by atoms with van der Waals surface area (Å²) in [5, 5.41) is 11.1. The summed E-state index contributed by atoms with van der Waals surface area (Å²) in [7, 11) is 4.06. The lowest BCUT2D eigenvalue weighted by Gasteiger charge is -2.30. The molecular formula is C24H27N3OS. The molecule has 0 radical (unpaired) electrons. The van der Waals surface area contributed by atoms with Gasteiger partial charge >= 0.3 is 0 Å². The Labute approximate surface area is 177 Å². The van der Waals surface area contributed by atoms with Crippen LogP contribution in [0.1, 0.15) is 24.5 Å². The highest BCUT2D eigenvalue weighted by atomic mass is 32.2. The molecule has 0 atom stereocenters. The maximum Gasteiger partial charge on any atom is 0.247 e. The van der Waals surface area contributed by atoms with E-state index in [9.17, 15) is 10.1 Å². The van der Waals surface area contributed by atoms with Gasteiger partial charge in [0.05, 0.1) is 16.7 Å². The largest absolute Gasteiger partial charge is 0.309 e. The van der Waals surface area contributed by atoms with E-state index >= 15 is 0 Å². The number of carbonyl (C=O) groups excluding carboxylic acids is 1. The molecule has 1 heterocycles. The van der Waals surface area contributed by atoms with Gasteiger partial charge in [-0.05, 0) is 43.9 Å². The number of carbonyl (C=O) groups is 1. The molecule has 1 aliphatic rings. The van der Waals surface area contributed by atoms with E-state index in [-0.39, 0.29) is 5.91 Å². The fourth-order valence-corrected chi connectivity index (χ4v) is 4.89. The molecule has 1 amide bonds. The van der Waals surface area contributed by atoms with Crippen LogP contribution in [0.15, 0.2) is 71.3 Å². The summed E-state index contributed by atoms with van der Waals surface area (Å²) < 4.78 is 0. The second-order valence-corrected chi connectivity index (χ2v) is 8.57. The number of hydrogen-bond acceptors (Lipinski definition) is 4. The number of nitrogens with zero attached hydrogens (tertiary/aromatic N) is 3. The van der Waals surface area contributed by atoms with E-state index in [1.165, 1.54) is 0 Å². The minimum atomic E-state index is -1.09. The van der Waals surface area contributed by atoms with Crippen molar-refractivity contribution >= 4 is 17.7 Å². The van der Waals surface area contributed by atoms with Crippen molar-refractivity contribution in [1.29, 1.82) is 5.26 Å². The van der Waals surface area contributed by atoms with Crippen LogP contribution in [-0.4, -0.2) is 48.6 Å². The van der Waals surface area contributed by atoms with E-state index < -0.39 is 5.41 Å². The van der Waals surface area contributed by atoms with Gasteiger partial charge in [0.15, 0.2) is 0 Å². The zero-order chi connectivity index (χ0) is 20.9. The van der Waals surface area contributed by atoms with Gasteiger partial charge in [-0.1, -0.05) is 67.6 Å². The first kappa shape index (κ1) is 21.2. The number of thioether (sulfide) groups is 1. The van der Waals surface area contributed by atoms with Crippen molar-refractivity contribution in [2.45, 2.75) is 18.8 Å². The van der Waals surface area contributed by atoms with Gasteiger partial charge in [-0.25, -0.2) is 0 Å². The van der Waals surface area contributed by atoms with Gasteiger partial charge in [0.25, 0.3) is 0 Å². The molecule has 0 aromatic heterocycles. The summed E-state index contributed by atoms with van der Waals surface area (Å²) in [6.07, 6.45) is 0.852. The molecule has 0 spiro atoms. The highest BCUT2D eigenvalue weighted by Gasteiger charge is 2.55. The Morgan fingerprint density at radius 3 is 2.03 bits per heavy atom. The van der Waals surface area contributed by atoms with Gasteiger partial charge < -0.3 is 9.80 Å². The average Bonchev–Trinajstić information content (AvgIpc) is 2.98. The molecule has 0 bridgehead atoms. The van der Waals surface area contributed by atoms with E-state index in [0.29, 0.717) is 12.1 Å². The summed E-state index contributed by atoms with van der Waals surface area (Å²) in [6, 6.07) is 21.9. The van der Waals surface area contributed by atoms with Crippen LogP contribution in [0.25, 0.3) is 0 Å². The second kappa shape index (κ2) is 9.30. The van der Waals surface area contributed by atoms with Gasteiger partial charge in [0.2, 0.25) is 5.91 Å². The Morgan fingerprint density at radius 2 is 1.59 bits per heavy atom. The fraction of sp³-hybridized carbons (Fsp3) is 0.333. The molecule has 2 aromatic carbocycles. The Bertz CT molecular complexity index is 877. The molecule has 0 fully saturated rings. The van der Waals surface area contributed by atoms with Crippen LogP contribution in [0.2, 0.25) is 0 Å². The highest BCUT2D eigenvalue weighted by molar-refractivity contribution is 8.03. The highest BCUT2D eigenvalue weighted by Crippen LogP contribution is 2.50. The summed E-state index contributed by atoms with van der Waals surface area (Å²) in [4.78, 5) is 18.0. The Hall–Kier alpha value is -2.55. The molecule has 2 aromatic rings. The minimum absolute atomic E-state index is 0.0267. The van der Waals surface area contributed by atoms with E-state index in [0.717, 1.165) is 34.9 Å². The third-order valence-corrected chi connectivity index (χ3v) is 6.18. The Balaban J connectivity index is 2.21. The quantitative estimate of drug-likeness (QED) is 0.659. The molecular weight excluding hydrogens is 378 g/mol. The number of amides is 1. The molecule has 4 nitrogen and oxygen atoms in total. The molecule has 29 heavy (non-hydrogen) atoms. The van der Waals surface area contributed by atoms with Crippen LogP contribution in [0, 0.1) is 11.3 Å². The predicted molar refractivity (Wildman–Crippen MR) is 119 cm³/mol. The molecule has 150 valence electrons. The number of rotatable bonds is 8. The van der Waals surface area contributed by atoms with E-state index in [2.05, 4.69) is 17.9 Å². The molecule has 0 unspecified atom stereocenters. The lowest BCUT2D eigenvalue weighted by Crippen LogP contribution is -2.42. The zero-order valence-corrected chi connectivity index (χ0v) is 18.1. The van der Waals surface area contributed by atoms with Gasteiger partial charge in [-0.2, -0.15) is 5.26 Å². The lowest BCUT2D eigenvalue weighted by molar-refractivity contribution is -0.130. The second-order valence-electron chi connectivity index (χ2n) is 7.32. The van der Waals surface area contributed by atoms with Crippen LogP contribution >= 0.6 is 11.8 Å². The average molecular weight is 406 g/mol. The zero-order valence-electron chi connectivity index (χ0n) is 17.3. The minimum Gasteiger partial charge on any atom is -0.309 e. The maximum absolute atomic E-state index is 14.1. The van der Waals surface area contributed by atoms with Crippen LogP contribution < -0.4 is 0 Å². The SMILES string of the molecule is CCSC1=C(C#N)C(c2ccccc2)(c2ccccc2)C(=O)N1CCCN(C)C. The van der Waals surface area contributed by atoms with Gasteiger partial charge in [-0.15, -0.1) is 11.8 Å². The van der Waals surface area contributed by atoms with Crippen LogP contribution in [-0.2, 0) is 10.2 Å². The summed E-state index contributed by atoms with van der Waals surface area (Å²) >= 11 is 1.58. The molecule has 3 rings (SSSR count). The van der Waals surface area contributed by atoms with Crippen molar-refractivity contribution in [1.82, 2.24) is 9.80 Å². The summed E-state index contributed by atoms with van der Waals surface area (Å²) in [5.74, 6) is 0.777. The third kappa shape index (κ3) is 3.83. The molecule has 0 saturated heterocycles. The predicted octanol–water partition coefficient (Wildman–Crippen LogP) is 4.25. The van der Waals surface area contributed by atoms with Gasteiger partial charge in [0.1, 0.15) is 5.41 Å². The van der Waals surface area contributed by atoms with E-state index in [1.54, 1.807) is 11.8 Å². The van der Waals surface area contributed by atoms with Crippen molar-refractivity contribution in [3.05, 3.63) is 82.4 Å².